The summed E-state index contributed by atoms with van der Waals surface area (Å²) in [6, 6.07) is 16.9. The van der Waals surface area contributed by atoms with Gasteiger partial charge in [0.25, 0.3) is 5.91 Å². The van der Waals surface area contributed by atoms with Crippen LogP contribution in [0.1, 0.15) is 19.4 Å². The number of hydrogen-bond acceptors (Lipinski definition) is 4. The van der Waals surface area contributed by atoms with Gasteiger partial charge >= 0.3 is 6.09 Å². The van der Waals surface area contributed by atoms with E-state index >= 15 is 0 Å². The number of ether oxygens (including phenoxy) is 1. The lowest BCUT2D eigenvalue weighted by atomic mass is 9.83. The third kappa shape index (κ3) is 3.31. The quantitative estimate of drug-likeness (QED) is 0.663. The molecule has 6 nitrogen and oxygen atoms in total. The minimum Gasteiger partial charge on any atom is -0.445 e. The Hall–Kier alpha value is -3.15. The summed E-state index contributed by atoms with van der Waals surface area (Å²) in [4.78, 5) is 35.7. The summed E-state index contributed by atoms with van der Waals surface area (Å²) in [5.41, 5.74) is 2.28. The van der Waals surface area contributed by atoms with Gasteiger partial charge in [-0.1, -0.05) is 54.6 Å². The number of nitrogens with one attached hydrogen (secondary N) is 1. The van der Waals surface area contributed by atoms with Crippen molar-refractivity contribution in [1.82, 2.24) is 10.2 Å². The Balaban J connectivity index is 1.54. The van der Waals surface area contributed by atoms with Crippen molar-refractivity contribution in [1.29, 1.82) is 0 Å². The van der Waals surface area contributed by atoms with E-state index in [0.29, 0.717) is 6.41 Å². The van der Waals surface area contributed by atoms with E-state index in [0.717, 1.165) is 21.6 Å². The first-order valence-corrected chi connectivity index (χ1v) is 8.29. The van der Waals surface area contributed by atoms with Crippen LogP contribution < -0.4 is 5.32 Å². The summed E-state index contributed by atoms with van der Waals surface area (Å²) in [6.45, 7) is 3.51. The summed E-state index contributed by atoms with van der Waals surface area (Å²) in [5.74, 6) is -0.436. The SMILES string of the molecule is CC1(C)[C@@H](NC(=O)OCc2ccc(-c3ccccc3)cc2)C(=O)N1C=O. The van der Waals surface area contributed by atoms with Gasteiger partial charge in [-0.05, 0) is 30.5 Å². The molecule has 0 radical (unpaired) electrons. The Labute approximate surface area is 151 Å². The number of carbonyl (C=O) groups is 3. The molecule has 0 saturated carbocycles. The minimum atomic E-state index is -0.763. The van der Waals surface area contributed by atoms with Crippen molar-refractivity contribution >= 4 is 18.4 Å². The van der Waals surface area contributed by atoms with Crippen molar-refractivity contribution in [2.24, 2.45) is 0 Å². The Morgan fingerprint density at radius 3 is 2.31 bits per heavy atom. The molecule has 1 N–H and O–H groups in total. The highest BCUT2D eigenvalue weighted by atomic mass is 16.5. The molecule has 0 spiro atoms. The molecule has 1 saturated heterocycles. The number of amides is 3. The third-order valence-electron chi connectivity index (χ3n) is 4.61. The third-order valence-corrected chi connectivity index (χ3v) is 4.61. The Morgan fingerprint density at radius 1 is 1.12 bits per heavy atom. The zero-order valence-corrected chi connectivity index (χ0v) is 14.6. The summed E-state index contributed by atoms with van der Waals surface area (Å²) >= 11 is 0. The topological polar surface area (TPSA) is 75.7 Å². The molecule has 1 aliphatic heterocycles. The predicted octanol–water partition coefficient (Wildman–Crippen LogP) is 2.73. The molecule has 1 heterocycles. The van der Waals surface area contributed by atoms with Gasteiger partial charge in [0, 0.05) is 0 Å². The van der Waals surface area contributed by atoms with Crippen molar-refractivity contribution in [3.63, 3.8) is 0 Å². The molecule has 1 aliphatic rings. The number of alkyl carbamates (subject to hydrolysis) is 1. The second kappa shape index (κ2) is 7.00. The van der Waals surface area contributed by atoms with Crippen molar-refractivity contribution in [3.05, 3.63) is 60.2 Å². The average Bonchev–Trinajstić information content (AvgIpc) is 2.66. The van der Waals surface area contributed by atoms with Crippen LogP contribution in [0.5, 0.6) is 0 Å². The second-order valence-electron chi connectivity index (χ2n) is 6.68. The maximum atomic E-state index is 11.9. The van der Waals surface area contributed by atoms with Gasteiger partial charge in [0.2, 0.25) is 6.41 Å². The number of β-lactam (4-membered cyclic amide) rings is 1. The van der Waals surface area contributed by atoms with E-state index in [-0.39, 0.29) is 6.61 Å². The van der Waals surface area contributed by atoms with Gasteiger partial charge in [-0.15, -0.1) is 0 Å². The summed E-state index contributed by atoms with van der Waals surface area (Å²) in [6.07, 6.45) is -0.214. The highest BCUT2D eigenvalue weighted by molar-refractivity contribution is 6.00. The Kier molecular flexibility index (Phi) is 4.75. The van der Waals surface area contributed by atoms with E-state index in [1.165, 1.54) is 0 Å². The predicted molar refractivity (Wildman–Crippen MR) is 96.0 cm³/mol. The van der Waals surface area contributed by atoms with Gasteiger partial charge in [0.15, 0.2) is 0 Å². The van der Waals surface area contributed by atoms with Gasteiger partial charge in [0.1, 0.15) is 12.6 Å². The van der Waals surface area contributed by atoms with E-state index in [9.17, 15) is 14.4 Å². The molecule has 0 unspecified atom stereocenters. The molecule has 0 bridgehead atoms. The smallest absolute Gasteiger partial charge is 0.408 e. The van der Waals surface area contributed by atoms with Gasteiger partial charge in [0.05, 0.1) is 5.54 Å². The molecule has 6 heteroatoms. The molecular weight excluding hydrogens is 332 g/mol. The molecular formula is C20H20N2O4. The summed E-state index contributed by atoms with van der Waals surface area (Å²) in [5, 5.41) is 2.52. The van der Waals surface area contributed by atoms with Crippen LogP contribution in [0.3, 0.4) is 0 Å². The fourth-order valence-corrected chi connectivity index (χ4v) is 2.96. The molecule has 0 aliphatic carbocycles. The molecule has 3 amide bonds. The summed E-state index contributed by atoms with van der Waals surface area (Å²) < 4.78 is 5.18. The van der Waals surface area contributed by atoms with Gasteiger partial charge in [-0.2, -0.15) is 0 Å². The van der Waals surface area contributed by atoms with E-state index in [2.05, 4.69) is 5.32 Å². The van der Waals surface area contributed by atoms with Crippen molar-refractivity contribution < 1.29 is 19.1 Å². The monoisotopic (exact) mass is 352 g/mol. The molecule has 134 valence electrons. The lowest BCUT2D eigenvalue weighted by Gasteiger charge is -2.50. The van der Waals surface area contributed by atoms with Crippen LogP contribution in [0.15, 0.2) is 54.6 Å². The first-order valence-electron chi connectivity index (χ1n) is 8.29. The number of imide groups is 1. The van der Waals surface area contributed by atoms with E-state index < -0.39 is 23.6 Å². The number of hydrogen-bond donors (Lipinski definition) is 1. The lowest BCUT2D eigenvalue weighted by molar-refractivity contribution is -0.163. The fourth-order valence-electron chi connectivity index (χ4n) is 2.96. The Morgan fingerprint density at radius 2 is 1.73 bits per heavy atom. The van der Waals surface area contributed by atoms with Crippen LogP contribution in [0, 0.1) is 0 Å². The van der Waals surface area contributed by atoms with Gasteiger partial charge in [-0.3, -0.25) is 14.5 Å². The van der Waals surface area contributed by atoms with Crippen molar-refractivity contribution in [3.8, 4) is 11.1 Å². The number of nitrogens with zero attached hydrogens (tertiary/aromatic N) is 1. The normalized spacial score (nSPS) is 18.0. The minimum absolute atomic E-state index is 0.0969. The molecule has 2 aromatic rings. The maximum absolute atomic E-state index is 11.9. The fraction of sp³-hybridized carbons (Fsp3) is 0.250. The standard InChI is InChI=1S/C20H20N2O4/c1-20(2)17(18(24)22(20)13-23)21-19(25)26-12-14-8-10-16(11-9-14)15-6-4-3-5-7-15/h3-11,13,17H,12H2,1-2H3,(H,21,25)/t17-/m0/s1. The highest BCUT2D eigenvalue weighted by Gasteiger charge is 2.55. The van der Waals surface area contributed by atoms with Crippen molar-refractivity contribution in [2.75, 3.05) is 0 Å². The van der Waals surface area contributed by atoms with Crippen molar-refractivity contribution in [2.45, 2.75) is 32.0 Å². The van der Waals surface area contributed by atoms with Crippen LogP contribution in [-0.4, -0.2) is 34.9 Å². The zero-order valence-electron chi connectivity index (χ0n) is 14.6. The molecule has 1 atom stereocenters. The number of likely N-dealkylation sites (tertiary alicyclic amines) is 1. The maximum Gasteiger partial charge on any atom is 0.408 e. The Bertz CT molecular complexity index is 815. The number of benzene rings is 2. The molecule has 26 heavy (non-hydrogen) atoms. The first kappa shape index (κ1) is 17.7. The van der Waals surface area contributed by atoms with E-state index in [1.54, 1.807) is 13.8 Å². The molecule has 0 aromatic heterocycles. The number of carbonyl (C=O) groups excluding carboxylic acids is 3. The van der Waals surface area contributed by atoms with Crippen LogP contribution in [-0.2, 0) is 20.9 Å². The van der Waals surface area contributed by atoms with Gasteiger partial charge in [-0.25, -0.2) is 4.79 Å². The van der Waals surface area contributed by atoms with Crippen LogP contribution in [0.4, 0.5) is 4.79 Å². The van der Waals surface area contributed by atoms with E-state index in [1.807, 2.05) is 54.6 Å². The summed E-state index contributed by atoms with van der Waals surface area (Å²) in [7, 11) is 0. The molecule has 2 aromatic carbocycles. The molecule has 1 fully saturated rings. The number of rotatable bonds is 5. The second-order valence-corrected chi connectivity index (χ2v) is 6.68. The first-order chi connectivity index (χ1) is 12.4. The average molecular weight is 352 g/mol. The lowest BCUT2D eigenvalue weighted by Crippen LogP contribution is -2.76. The van der Waals surface area contributed by atoms with Gasteiger partial charge < -0.3 is 10.1 Å². The largest absolute Gasteiger partial charge is 0.445 e. The van der Waals surface area contributed by atoms with Crippen LogP contribution in [0.2, 0.25) is 0 Å². The van der Waals surface area contributed by atoms with E-state index in [4.69, 9.17) is 4.74 Å². The van der Waals surface area contributed by atoms with Crippen LogP contribution in [0.25, 0.3) is 11.1 Å². The highest BCUT2D eigenvalue weighted by Crippen LogP contribution is 2.30. The zero-order chi connectivity index (χ0) is 18.7. The van der Waals surface area contributed by atoms with Crippen LogP contribution >= 0.6 is 0 Å². The molecule has 3 rings (SSSR count).